The normalized spacial score (nSPS) is 14.5. The molecule has 1 aliphatic heterocycles. The van der Waals surface area contributed by atoms with Gasteiger partial charge in [0, 0.05) is 12.2 Å². The third-order valence-electron chi connectivity index (χ3n) is 3.36. The van der Waals surface area contributed by atoms with Crippen molar-refractivity contribution in [1.29, 1.82) is 0 Å². The molecule has 0 radical (unpaired) electrons. The Balaban J connectivity index is 2.18. The summed E-state index contributed by atoms with van der Waals surface area (Å²) in [6.45, 7) is 11.0. The van der Waals surface area contributed by atoms with Crippen LogP contribution < -0.4 is 15.0 Å². The van der Waals surface area contributed by atoms with Crippen LogP contribution in [0.3, 0.4) is 0 Å². The molecule has 1 aliphatic rings. The highest BCUT2D eigenvalue weighted by molar-refractivity contribution is 5.63. The van der Waals surface area contributed by atoms with Gasteiger partial charge in [0.05, 0.1) is 12.3 Å². The Hall–Kier alpha value is -2.30. The topological polar surface area (TPSA) is 49.2 Å². The molecule has 22 heavy (non-hydrogen) atoms. The first-order chi connectivity index (χ1) is 10.7. The summed E-state index contributed by atoms with van der Waals surface area (Å²) in [6, 6.07) is 6.24. The smallest absolute Gasteiger partial charge is 0.126 e. The molecular formula is C17H24N4O. The summed E-state index contributed by atoms with van der Waals surface area (Å²) >= 11 is 0. The van der Waals surface area contributed by atoms with Gasteiger partial charge in [-0.15, -0.1) is 0 Å². The van der Waals surface area contributed by atoms with Crippen LogP contribution in [0.5, 0.6) is 5.75 Å². The van der Waals surface area contributed by atoms with E-state index in [0.717, 1.165) is 24.5 Å². The minimum atomic E-state index is 0.185. The first-order valence-electron chi connectivity index (χ1n) is 7.57. The van der Waals surface area contributed by atoms with Gasteiger partial charge in [-0.05, 0) is 63.9 Å². The first kappa shape index (κ1) is 16.1. The second-order valence-electron chi connectivity index (χ2n) is 5.33. The number of hydrogen-bond acceptors (Lipinski definition) is 5. The number of ether oxygens (including phenoxy) is 1. The van der Waals surface area contributed by atoms with Crippen molar-refractivity contribution in [1.82, 2.24) is 5.32 Å². The van der Waals surface area contributed by atoms with Crippen LogP contribution in [-0.4, -0.2) is 32.2 Å². The molecule has 5 heteroatoms. The van der Waals surface area contributed by atoms with E-state index < -0.39 is 0 Å². The van der Waals surface area contributed by atoms with Crippen LogP contribution in [0.25, 0.3) is 0 Å². The van der Waals surface area contributed by atoms with Crippen LogP contribution in [0.15, 0.2) is 40.2 Å². The lowest BCUT2D eigenvalue weighted by molar-refractivity contribution is 0.242. The Morgan fingerprint density at radius 3 is 3.00 bits per heavy atom. The van der Waals surface area contributed by atoms with Crippen LogP contribution in [0.1, 0.15) is 26.3 Å². The molecule has 0 atom stereocenters. The molecule has 5 nitrogen and oxygen atoms in total. The molecule has 1 N–H and O–H groups in total. The second-order valence-corrected chi connectivity index (χ2v) is 5.33. The molecular weight excluding hydrogens is 276 g/mol. The number of benzene rings is 1. The fourth-order valence-corrected chi connectivity index (χ4v) is 2.49. The molecule has 1 aromatic rings. The lowest BCUT2D eigenvalue weighted by atomic mass is 10.1. The van der Waals surface area contributed by atoms with Gasteiger partial charge in [-0.2, -0.15) is 0 Å². The van der Waals surface area contributed by atoms with Crippen molar-refractivity contribution in [3.63, 3.8) is 0 Å². The van der Waals surface area contributed by atoms with Crippen molar-refractivity contribution in [3.8, 4) is 5.75 Å². The Kier molecular flexibility index (Phi) is 5.58. The van der Waals surface area contributed by atoms with E-state index in [1.54, 1.807) is 12.4 Å². The van der Waals surface area contributed by atoms with E-state index in [1.165, 1.54) is 11.3 Å². The minimum absolute atomic E-state index is 0.185. The number of fused-ring (bicyclic) bond motifs is 1. The van der Waals surface area contributed by atoms with Gasteiger partial charge < -0.3 is 15.0 Å². The molecule has 0 amide bonds. The molecule has 0 fully saturated rings. The summed E-state index contributed by atoms with van der Waals surface area (Å²) in [5.74, 6) is 1.84. The minimum Gasteiger partial charge on any atom is -0.491 e. The van der Waals surface area contributed by atoms with E-state index in [1.807, 2.05) is 26.8 Å². The van der Waals surface area contributed by atoms with Crippen LogP contribution in [0, 0.1) is 0 Å². The fourth-order valence-electron chi connectivity index (χ4n) is 2.49. The zero-order chi connectivity index (χ0) is 15.9. The third-order valence-corrected chi connectivity index (χ3v) is 3.36. The monoisotopic (exact) mass is 300 g/mol. The molecule has 0 aliphatic carbocycles. The maximum absolute atomic E-state index is 5.77. The maximum Gasteiger partial charge on any atom is 0.126 e. The summed E-state index contributed by atoms with van der Waals surface area (Å²) < 4.78 is 5.77. The largest absolute Gasteiger partial charge is 0.491 e. The summed E-state index contributed by atoms with van der Waals surface area (Å²) in [4.78, 5) is 10.3. The number of nitrogens with zero attached hydrogens (tertiary/aromatic N) is 3. The maximum atomic E-state index is 5.77. The van der Waals surface area contributed by atoms with Gasteiger partial charge in [-0.1, -0.05) is 0 Å². The van der Waals surface area contributed by atoms with Gasteiger partial charge in [0.1, 0.15) is 18.2 Å². The van der Waals surface area contributed by atoms with Crippen molar-refractivity contribution < 1.29 is 4.74 Å². The van der Waals surface area contributed by atoms with E-state index >= 15 is 0 Å². The van der Waals surface area contributed by atoms with Gasteiger partial charge in [0.15, 0.2) is 0 Å². The molecule has 0 spiro atoms. The van der Waals surface area contributed by atoms with E-state index in [0.29, 0.717) is 6.67 Å². The Morgan fingerprint density at radius 1 is 1.50 bits per heavy atom. The lowest BCUT2D eigenvalue weighted by Crippen LogP contribution is -2.30. The predicted molar refractivity (Wildman–Crippen MR) is 93.1 cm³/mol. The highest BCUT2D eigenvalue weighted by atomic mass is 16.5. The average molecular weight is 300 g/mol. The number of hydrogen-bond donors (Lipinski definition) is 1. The Labute approximate surface area is 132 Å². The zero-order valence-corrected chi connectivity index (χ0v) is 13.5. The van der Waals surface area contributed by atoms with Crippen LogP contribution in [-0.2, 0) is 6.42 Å². The summed E-state index contributed by atoms with van der Waals surface area (Å²) in [6.07, 6.45) is 4.68. The van der Waals surface area contributed by atoms with Crippen LogP contribution in [0.4, 0.5) is 5.69 Å². The zero-order valence-electron chi connectivity index (χ0n) is 13.5. The lowest BCUT2D eigenvalue weighted by Gasteiger charge is -2.23. The fraction of sp³-hybridized carbons (Fsp3) is 0.412. The molecule has 118 valence electrons. The number of rotatable bonds is 7. The SMILES string of the molecule is C=N/C=C(/NC/N=C/C)N1CCc2cc(OC(C)C)ccc21. The van der Waals surface area contributed by atoms with Crippen molar-refractivity contribution in [2.45, 2.75) is 33.3 Å². The van der Waals surface area contributed by atoms with E-state index in [4.69, 9.17) is 4.74 Å². The number of anilines is 1. The van der Waals surface area contributed by atoms with Crippen LogP contribution in [0.2, 0.25) is 0 Å². The second kappa shape index (κ2) is 7.64. The molecule has 1 heterocycles. The Morgan fingerprint density at radius 2 is 2.32 bits per heavy atom. The molecule has 0 unspecified atom stereocenters. The molecule has 0 saturated carbocycles. The van der Waals surface area contributed by atoms with Gasteiger partial charge in [0.25, 0.3) is 0 Å². The van der Waals surface area contributed by atoms with Crippen molar-refractivity contribution in [2.75, 3.05) is 18.1 Å². The molecule has 0 saturated heterocycles. The average Bonchev–Trinajstić information content (AvgIpc) is 2.89. The molecule has 1 aromatic carbocycles. The summed E-state index contributed by atoms with van der Waals surface area (Å²) in [5.41, 5.74) is 2.47. The third kappa shape index (κ3) is 3.87. The highest BCUT2D eigenvalue weighted by Crippen LogP contribution is 2.33. The molecule has 0 bridgehead atoms. The van der Waals surface area contributed by atoms with E-state index in [9.17, 15) is 0 Å². The number of aliphatic imine (C=N–C) groups is 2. The molecule has 2 rings (SSSR count). The van der Waals surface area contributed by atoms with Crippen molar-refractivity contribution in [3.05, 3.63) is 35.8 Å². The van der Waals surface area contributed by atoms with Crippen molar-refractivity contribution in [2.24, 2.45) is 9.98 Å². The van der Waals surface area contributed by atoms with E-state index in [2.05, 4.69) is 39.1 Å². The predicted octanol–water partition coefficient (Wildman–Crippen LogP) is 2.97. The van der Waals surface area contributed by atoms with Gasteiger partial charge in [-0.25, -0.2) is 0 Å². The quantitative estimate of drug-likeness (QED) is 0.788. The van der Waals surface area contributed by atoms with Gasteiger partial charge in [0.2, 0.25) is 0 Å². The summed E-state index contributed by atoms with van der Waals surface area (Å²) in [7, 11) is 0. The first-order valence-corrected chi connectivity index (χ1v) is 7.57. The van der Waals surface area contributed by atoms with E-state index in [-0.39, 0.29) is 6.10 Å². The van der Waals surface area contributed by atoms with Crippen molar-refractivity contribution >= 4 is 18.6 Å². The number of nitrogens with one attached hydrogen (secondary N) is 1. The van der Waals surface area contributed by atoms with Gasteiger partial charge >= 0.3 is 0 Å². The summed E-state index contributed by atoms with van der Waals surface area (Å²) in [5, 5.41) is 3.28. The molecule has 0 aromatic heterocycles. The van der Waals surface area contributed by atoms with Gasteiger partial charge in [-0.3, -0.25) is 9.98 Å². The highest BCUT2D eigenvalue weighted by Gasteiger charge is 2.22. The van der Waals surface area contributed by atoms with Crippen LogP contribution >= 0.6 is 0 Å². The standard InChI is InChI=1S/C17H24N4O/c1-5-19-12-20-17(11-18-4)21-9-8-14-10-15(22-13(2)3)6-7-16(14)21/h5-7,10-11,13,20H,4,8-9,12H2,1-3H3/b17-11-,19-5+. The Bertz CT molecular complexity index is 578.